The van der Waals surface area contributed by atoms with Gasteiger partial charge in [0.1, 0.15) is 5.15 Å². The molecule has 2 aromatic rings. The van der Waals surface area contributed by atoms with Crippen LogP contribution in [0.2, 0.25) is 5.15 Å². The van der Waals surface area contributed by atoms with Gasteiger partial charge in [-0.05, 0) is 23.6 Å². The van der Waals surface area contributed by atoms with E-state index in [1.54, 1.807) is 23.5 Å². The molecule has 0 aliphatic carbocycles. The maximum atomic E-state index is 5.75. The van der Waals surface area contributed by atoms with Gasteiger partial charge >= 0.3 is 0 Å². The third kappa shape index (κ3) is 2.87. The van der Waals surface area contributed by atoms with E-state index in [1.807, 2.05) is 11.4 Å². The van der Waals surface area contributed by atoms with Gasteiger partial charge in [0.05, 0.1) is 12.3 Å². The van der Waals surface area contributed by atoms with Crippen LogP contribution in [-0.2, 0) is 6.42 Å². The summed E-state index contributed by atoms with van der Waals surface area (Å²) in [5, 5.41) is 2.43. The van der Waals surface area contributed by atoms with E-state index in [4.69, 9.17) is 22.1 Å². The molecule has 0 radical (unpaired) electrons. The number of aromatic nitrogens is 1. The molecule has 5 heteroatoms. The number of nitrogen functional groups attached to an aromatic ring is 1. The van der Waals surface area contributed by atoms with Gasteiger partial charge in [-0.15, -0.1) is 11.3 Å². The summed E-state index contributed by atoms with van der Waals surface area (Å²) in [6.07, 6.45) is 0.852. The molecule has 2 heterocycles. The zero-order valence-electron chi connectivity index (χ0n) is 8.52. The number of hydrogen-bond donors (Lipinski definition) is 1. The van der Waals surface area contributed by atoms with Crippen molar-refractivity contribution in [2.24, 2.45) is 0 Å². The van der Waals surface area contributed by atoms with Crippen LogP contribution in [0.4, 0.5) is 5.69 Å². The highest BCUT2D eigenvalue weighted by atomic mass is 35.5. The molecule has 0 bridgehead atoms. The van der Waals surface area contributed by atoms with E-state index >= 15 is 0 Å². The van der Waals surface area contributed by atoms with Crippen LogP contribution in [0.25, 0.3) is 0 Å². The van der Waals surface area contributed by atoms with Crippen LogP contribution in [-0.4, -0.2) is 11.6 Å². The molecule has 16 heavy (non-hydrogen) atoms. The lowest BCUT2D eigenvalue weighted by atomic mass is 10.3. The quantitative estimate of drug-likeness (QED) is 0.854. The number of pyridine rings is 1. The molecule has 0 fully saturated rings. The fourth-order valence-electron chi connectivity index (χ4n) is 1.25. The predicted molar refractivity (Wildman–Crippen MR) is 67.2 cm³/mol. The molecule has 2 rings (SSSR count). The molecule has 0 aromatic carbocycles. The first-order valence-electron chi connectivity index (χ1n) is 4.83. The summed E-state index contributed by atoms with van der Waals surface area (Å²) < 4.78 is 5.48. The molecular weight excluding hydrogens is 244 g/mol. The Morgan fingerprint density at radius 1 is 1.38 bits per heavy atom. The van der Waals surface area contributed by atoms with Crippen molar-refractivity contribution in [1.29, 1.82) is 0 Å². The lowest BCUT2D eigenvalue weighted by Crippen LogP contribution is -2.04. The van der Waals surface area contributed by atoms with E-state index in [9.17, 15) is 0 Å². The number of ether oxygens (including phenoxy) is 1. The molecule has 0 saturated carbocycles. The van der Waals surface area contributed by atoms with Gasteiger partial charge in [0, 0.05) is 11.3 Å². The van der Waals surface area contributed by atoms with Crippen molar-refractivity contribution >= 4 is 28.6 Å². The molecule has 84 valence electrons. The molecule has 2 aromatic heterocycles. The Hall–Kier alpha value is -1.26. The Kier molecular flexibility index (Phi) is 3.64. The van der Waals surface area contributed by atoms with Gasteiger partial charge in [-0.3, -0.25) is 0 Å². The van der Waals surface area contributed by atoms with Crippen molar-refractivity contribution in [3.63, 3.8) is 0 Å². The van der Waals surface area contributed by atoms with E-state index in [-0.39, 0.29) is 0 Å². The predicted octanol–water partition coefficient (Wildman–Crippen LogP) is 3.00. The topological polar surface area (TPSA) is 48.1 Å². The van der Waals surface area contributed by atoms with Gasteiger partial charge in [0.2, 0.25) is 5.88 Å². The first kappa shape index (κ1) is 11.2. The fourth-order valence-corrected chi connectivity index (χ4v) is 2.08. The van der Waals surface area contributed by atoms with Crippen molar-refractivity contribution in [3.05, 3.63) is 39.7 Å². The minimum absolute atomic E-state index is 0.389. The highest BCUT2D eigenvalue weighted by Crippen LogP contribution is 2.21. The second-order valence-electron chi connectivity index (χ2n) is 3.21. The largest absolute Gasteiger partial charge is 0.476 e. The van der Waals surface area contributed by atoms with E-state index < -0.39 is 0 Å². The minimum atomic E-state index is 0.389. The van der Waals surface area contributed by atoms with Crippen molar-refractivity contribution < 1.29 is 4.74 Å². The zero-order chi connectivity index (χ0) is 11.4. The average molecular weight is 255 g/mol. The number of nitrogens with two attached hydrogens (primary N) is 1. The number of hydrogen-bond acceptors (Lipinski definition) is 4. The standard InChI is InChI=1S/C11H11ClN2OS/c12-10-4-3-9(13)11(14-10)15-6-5-8-2-1-7-16-8/h1-4,7H,5-6,13H2. The van der Waals surface area contributed by atoms with Crippen LogP contribution in [0.15, 0.2) is 29.6 Å². The molecule has 0 saturated heterocycles. The van der Waals surface area contributed by atoms with Crippen LogP contribution in [0.3, 0.4) is 0 Å². The van der Waals surface area contributed by atoms with E-state index in [0.717, 1.165) is 6.42 Å². The Labute approximate surface area is 103 Å². The van der Waals surface area contributed by atoms with Gasteiger partial charge in [-0.25, -0.2) is 0 Å². The normalized spacial score (nSPS) is 10.3. The monoisotopic (exact) mass is 254 g/mol. The molecule has 0 spiro atoms. The van der Waals surface area contributed by atoms with E-state index in [2.05, 4.69) is 11.1 Å². The second-order valence-corrected chi connectivity index (χ2v) is 4.63. The minimum Gasteiger partial charge on any atom is -0.476 e. The summed E-state index contributed by atoms with van der Waals surface area (Å²) in [6, 6.07) is 7.42. The van der Waals surface area contributed by atoms with Gasteiger partial charge < -0.3 is 10.5 Å². The average Bonchev–Trinajstić information content (AvgIpc) is 2.76. The fraction of sp³-hybridized carbons (Fsp3) is 0.182. The molecule has 2 N–H and O–H groups in total. The van der Waals surface area contributed by atoms with Crippen molar-refractivity contribution in [2.75, 3.05) is 12.3 Å². The molecule has 0 unspecified atom stereocenters. The highest BCUT2D eigenvalue weighted by molar-refractivity contribution is 7.09. The van der Waals surface area contributed by atoms with Gasteiger partial charge in [0.25, 0.3) is 0 Å². The summed E-state index contributed by atoms with van der Waals surface area (Å²) in [6.45, 7) is 0.554. The van der Waals surface area contributed by atoms with E-state index in [0.29, 0.717) is 23.3 Å². The number of nitrogens with zero attached hydrogens (tertiary/aromatic N) is 1. The molecule has 0 atom stereocenters. The summed E-state index contributed by atoms with van der Waals surface area (Å²) in [5.74, 6) is 0.407. The first-order chi connectivity index (χ1) is 7.75. The Morgan fingerprint density at radius 2 is 2.25 bits per heavy atom. The zero-order valence-corrected chi connectivity index (χ0v) is 10.1. The highest BCUT2D eigenvalue weighted by Gasteiger charge is 2.03. The van der Waals surface area contributed by atoms with Crippen molar-refractivity contribution in [1.82, 2.24) is 4.98 Å². The first-order valence-corrected chi connectivity index (χ1v) is 6.08. The molecule has 0 aliphatic rings. The van der Waals surface area contributed by atoms with Crippen molar-refractivity contribution in [3.8, 4) is 5.88 Å². The molecule has 0 aliphatic heterocycles. The van der Waals surface area contributed by atoms with Gasteiger partial charge in [-0.1, -0.05) is 17.7 Å². The summed E-state index contributed by atoms with van der Waals surface area (Å²) >= 11 is 7.46. The number of halogens is 1. The lowest BCUT2D eigenvalue weighted by Gasteiger charge is -2.06. The third-order valence-electron chi connectivity index (χ3n) is 2.02. The van der Waals surface area contributed by atoms with Gasteiger partial charge in [0.15, 0.2) is 0 Å². The SMILES string of the molecule is Nc1ccc(Cl)nc1OCCc1cccs1. The molecular formula is C11H11ClN2OS. The van der Waals surface area contributed by atoms with Crippen LogP contribution in [0.1, 0.15) is 4.88 Å². The Balaban J connectivity index is 1.92. The van der Waals surface area contributed by atoms with Crippen LogP contribution in [0, 0.1) is 0 Å². The summed E-state index contributed by atoms with van der Waals surface area (Å²) in [5.41, 5.74) is 6.22. The maximum absolute atomic E-state index is 5.75. The van der Waals surface area contributed by atoms with Crippen LogP contribution >= 0.6 is 22.9 Å². The second kappa shape index (κ2) is 5.18. The molecule has 0 amide bonds. The number of thiophene rings is 1. The third-order valence-corrected chi connectivity index (χ3v) is 3.17. The number of anilines is 1. The Bertz CT molecular complexity index is 459. The van der Waals surface area contributed by atoms with Gasteiger partial charge in [-0.2, -0.15) is 4.98 Å². The van der Waals surface area contributed by atoms with E-state index in [1.165, 1.54) is 4.88 Å². The Morgan fingerprint density at radius 3 is 3.00 bits per heavy atom. The van der Waals surface area contributed by atoms with Crippen LogP contribution < -0.4 is 10.5 Å². The summed E-state index contributed by atoms with van der Waals surface area (Å²) in [4.78, 5) is 5.29. The lowest BCUT2D eigenvalue weighted by molar-refractivity contribution is 0.312. The van der Waals surface area contributed by atoms with Crippen LogP contribution in [0.5, 0.6) is 5.88 Å². The molecule has 3 nitrogen and oxygen atoms in total. The number of rotatable bonds is 4. The summed E-state index contributed by atoms with van der Waals surface area (Å²) in [7, 11) is 0. The van der Waals surface area contributed by atoms with Crippen molar-refractivity contribution in [2.45, 2.75) is 6.42 Å². The smallest absolute Gasteiger partial charge is 0.238 e. The maximum Gasteiger partial charge on any atom is 0.238 e.